The van der Waals surface area contributed by atoms with Gasteiger partial charge in [-0.25, -0.2) is 4.98 Å². The SMILES string of the molecule is N#Cc1ccccc1Sc1ccccc1C(=O)NCc1ccc(N2CCCCC2)nc1. The highest BCUT2D eigenvalue weighted by molar-refractivity contribution is 7.99. The van der Waals surface area contributed by atoms with E-state index in [0.29, 0.717) is 17.7 Å². The van der Waals surface area contributed by atoms with Crippen LogP contribution in [0.25, 0.3) is 0 Å². The highest BCUT2D eigenvalue weighted by Gasteiger charge is 2.14. The summed E-state index contributed by atoms with van der Waals surface area (Å²) >= 11 is 1.43. The van der Waals surface area contributed by atoms with Crippen LogP contribution in [0, 0.1) is 11.3 Å². The molecule has 0 spiro atoms. The number of hydrogen-bond donors (Lipinski definition) is 1. The average molecular weight is 429 g/mol. The molecule has 3 aromatic rings. The van der Waals surface area contributed by atoms with Gasteiger partial charge >= 0.3 is 0 Å². The summed E-state index contributed by atoms with van der Waals surface area (Å²) in [5, 5.41) is 12.3. The number of anilines is 1. The first-order valence-corrected chi connectivity index (χ1v) is 11.3. The molecule has 0 atom stereocenters. The van der Waals surface area contributed by atoms with Crippen LogP contribution in [-0.4, -0.2) is 24.0 Å². The number of nitrogens with one attached hydrogen (secondary N) is 1. The molecule has 0 radical (unpaired) electrons. The second kappa shape index (κ2) is 10.1. The van der Waals surface area contributed by atoms with Gasteiger partial charge in [0.15, 0.2) is 0 Å². The number of carbonyl (C=O) groups excluding carboxylic acids is 1. The maximum absolute atomic E-state index is 12.9. The molecule has 2 heterocycles. The van der Waals surface area contributed by atoms with Gasteiger partial charge in [0.1, 0.15) is 11.9 Å². The molecule has 6 heteroatoms. The minimum atomic E-state index is -0.141. The number of pyridine rings is 1. The normalized spacial score (nSPS) is 13.5. The number of hydrogen-bond acceptors (Lipinski definition) is 5. The predicted octanol–water partition coefficient (Wildman–Crippen LogP) is 5.02. The number of rotatable bonds is 6. The van der Waals surface area contributed by atoms with Crippen molar-refractivity contribution in [3.8, 4) is 6.07 Å². The summed E-state index contributed by atoms with van der Waals surface area (Å²) in [6.45, 7) is 2.54. The molecule has 0 unspecified atom stereocenters. The van der Waals surface area contributed by atoms with E-state index in [0.717, 1.165) is 34.3 Å². The van der Waals surface area contributed by atoms with Crippen molar-refractivity contribution in [2.24, 2.45) is 0 Å². The molecule has 0 bridgehead atoms. The lowest BCUT2D eigenvalue weighted by molar-refractivity contribution is 0.0948. The van der Waals surface area contributed by atoms with Gasteiger partial charge in [-0.1, -0.05) is 42.1 Å². The zero-order valence-electron chi connectivity index (χ0n) is 17.3. The van der Waals surface area contributed by atoms with Crippen LogP contribution < -0.4 is 10.2 Å². The predicted molar refractivity (Wildman–Crippen MR) is 123 cm³/mol. The van der Waals surface area contributed by atoms with E-state index in [1.54, 1.807) is 6.07 Å². The molecular weight excluding hydrogens is 404 g/mol. The zero-order valence-corrected chi connectivity index (χ0v) is 18.1. The molecule has 1 aliphatic heterocycles. The van der Waals surface area contributed by atoms with E-state index in [9.17, 15) is 10.1 Å². The Morgan fingerprint density at radius 2 is 1.74 bits per heavy atom. The van der Waals surface area contributed by atoms with Crippen LogP contribution in [0.1, 0.15) is 40.7 Å². The minimum Gasteiger partial charge on any atom is -0.357 e. The molecule has 4 rings (SSSR count). The second-order valence-corrected chi connectivity index (χ2v) is 8.54. The van der Waals surface area contributed by atoms with Crippen LogP contribution in [0.5, 0.6) is 0 Å². The summed E-state index contributed by atoms with van der Waals surface area (Å²) in [7, 11) is 0. The summed E-state index contributed by atoms with van der Waals surface area (Å²) in [5.41, 5.74) is 2.16. The summed E-state index contributed by atoms with van der Waals surface area (Å²) < 4.78 is 0. The summed E-state index contributed by atoms with van der Waals surface area (Å²) in [6, 6.07) is 21.2. The maximum Gasteiger partial charge on any atom is 0.252 e. The molecule has 1 N–H and O–H groups in total. The largest absolute Gasteiger partial charge is 0.357 e. The smallest absolute Gasteiger partial charge is 0.252 e. The quantitative estimate of drug-likeness (QED) is 0.597. The Hall–Kier alpha value is -3.30. The Bertz CT molecular complexity index is 1090. The Kier molecular flexibility index (Phi) is 6.85. The fraction of sp³-hybridized carbons (Fsp3) is 0.240. The summed E-state index contributed by atoms with van der Waals surface area (Å²) in [4.78, 5) is 21.4. The van der Waals surface area contributed by atoms with Crippen LogP contribution >= 0.6 is 11.8 Å². The van der Waals surface area contributed by atoms with Crippen LogP contribution in [0.2, 0.25) is 0 Å². The van der Waals surface area contributed by atoms with E-state index in [4.69, 9.17) is 0 Å². The second-order valence-electron chi connectivity index (χ2n) is 7.46. The van der Waals surface area contributed by atoms with E-state index < -0.39 is 0 Å². The van der Waals surface area contributed by atoms with Gasteiger partial charge in [0.2, 0.25) is 0 Å². The molecule has 0 saturated carbocycles. The number of nitrogens with zero attached hydrogens (tertiary/aromatic N) is 3. The Morgan fingerprint density at radius 3 is 2.48 bits per heavy atom. The number of carbonyl (C=O) groups is 1. The van der Waals surface area contributed by atoms with Crippen molar-refractivity contribution in [3.63, 3.8) is 0 Å². The van der Waals surface area contributed by atoms with Gasteiger partial charge in [-0.05, 0) is 55.2 Å². The third kappa shape index (κ3) is 5.25. The molecular formula is C25H24N4OS. The average Bonchev–Trinajstić information content (AvgIpc) is 2.84. The molecule has 156 valence electrons. The van der Waals surface area contributed by atoms with E-state index in [1.807, 2.05) is 60.8 Å². The zero-order chi connectivity index (χ0) is 21.5. The van der Waals surface area contributed by atoms with E-state index in [2.05, 4.69) is 21.3 Å². The highest BCUT2D eigenvalue weighted by atomic mass is 32.2. The van der Waals surface area contributed by atoms with Crippen molar-refractivity contribution in [3.05, 3.63) is 83.6 Å². The lowest BCUT2D eigenvalue weighted by Crippen LogP contribution is -2.30. The third-order valence-corrected chi connectivity index (χ3v) is 6.45. The van der Waals surface area contributed by atoms with Crippen molar-refractivity contribution in [2.75, 3.05) is 18.0 Å². The van der Waals surface area contributed by atoms with Crippen LogP contribution in [0.4, 0.5) is 5.82 Å². The number of amides is 1. The summed E-state index contributed by atoms with van der Waals surface area (Å²) in [6.07, 6.45) is 5.57. The van der Waals surface area contributed by atoms with Crippen molar-refractivity contribution >= 4 is 23.5 Å². The number of benzene rings is 2. The highest BCUT2D eigenvalue weighted by Crippen LogP contribution is 2.32. The van der Waals surface area contributed by atoms with Gasteiger partial charge in [-0.15, -0.1) is 0 Å². The van der Waals surface area contributed by atoms with Gasteiger partial charge in [0.25, 0.3) is 5.91 Å². The Labute approximate surface area is 187 Å². The topological polar surface area (TPSA) is 69.0 Å². The third-order valence-electron chi connectivity index (χ3n) is 5.30. The number of nitriles is 1. The molecule has 1 fully saturated rings. The van der Waals surface area contributed by atoms with Crippen molar-refractivity contribution in [1.82, 2.24) is 10.3 Å². The molecule has 1 aliphatic rings. The summed E-state index contributed by atoms with van der Waals surface area (Å²) in [5.74, 6) is 0.866. The fourth-order valence-corrected chi connectivity index (χ4v) is 4.64. The van der Waals surface area contributed by atoms with Gasteiger partial charge < -0.3 is 10.2 Å². The van der Waals surface area contributed by atoms with Crippen LogP contribution in [-0.2, 0) is 6.54 Å². The molecule has 1 saturated heterocycles. The van der Waals surface area contributed by atoms with Gasteiger partial charge in [-0.3, -0.25) is 4.79 Å². The molecule has 1 amide bonds. The first-order valence-electron chi connectivity index (χ1n) is 10.5. The molecule has 5 nitrogen and oxygen atoms in total. The standard InChI is InChI=1S/C25H24N4OS/c26-16-20-8-2-4-10-22(20)31-23-11-5-3-9-21(23)25(30)28-18-19-12-13-24(27-17-19)29-14-6-1-7-15-29/h2-5,8-13,17H,1,6-7,14-15,18H2,(H,28,30). The van der Waals surface area contributed by atoms with Gasteiger partial charge in [-0.2, -0.15) is 5.26 Å². The number of aromatic nitrogens is 1. The molecule has 31 heavy (non-hydrogen) atoms. The lowest BCUT2D eigenvalue weighted by Gasteiger charge is -2.27. The first kappa shape index (κ1) is 21.0. The van der Waals surface area contributed by atoms with Crippen LogP contribution in [0.3, 0.4) is 0 Å². The monoisotopic (exact) mass is 428 g/mol. The Morgan fingerprint density at radius 1 is 1.00 bits per heavy atom. The molecule has 1 aromatic heterocycles. The lowest BCUT2D eigenvalue weighted by atomic mass is 10.1. The molecule has 0 aliphatic carbocycles. The van der Waals surface area contributed by atoms with Crippen molar-refractivity contribution in [2.45, 2.75) is 35.6 Å². The van der Waals surface area contributed by atoms with Gasteiger partial charge in [0, 0.05) is 35.6 Å². The number of piperidine rings is 1. The van der Waals surface area contributed by atoms with Crippen molar-refractivity contribution in [1.29, 1.82) is 5.26 Å². The first-order chi connectivity index (χ1) is 15.2. The fourth-order valence-electron chi connectivity index (χ4n) is 3.62. The molecule has 2 aromatic carbocycles. The maximum atomic E-state index is 12.9. The van der Waals surface area contributed by atoms with E-state index in [1.165, 1.54) is 31.0 Å². The minimum absolute atomic E-state index is 0.141. The van der Waals surface area contributed by atoms with E-state index in [-0.39, 0.29) is 5.91 Å². The van der Waals surface area contributed by atoms with Gasteiger partial charge in [0.05, 0.1) is 11.1 Å². The van der Waals surface area contributed by atoms with E-state index >= 15 is 0 Å². The van der Waals surface area contributed by atoms with Crippen molar-refractivity contribution < 1.29 is 4.79 Å². The van der Waals surface area contributed by atoms with Crippen LogP contribution in [0.15, 0.2) is 76.7 Å². The Balaban J connectivity index is 1.42.